The van der Waals surface area contributed by atoms with Crippen molar-refractivity contribution in [1.29, 1.82) is 0 Å². The maximum atomic E-state index is 12.8. The third kappa shape index (κ3) is 3.34. The fraction of sp³-hybridized carbons (Fsp3) is 0.562. The molecule has 132 valence electrons. The molecule has 8 heteroatoms. The average Bonchev–Trinajstić information content (AvgIpc) is 2.53. The Hall–Kier alpha value is -1.80. The Morgan fingerprint density at radius 1 is 1.21 bits per heavy atom. The van der Waals surface area contributed by atoms with Crippen LogP contribution in [0, 0.1) is 6.92 Å². The summed E-state index contributed by atoms with van der Waals surface area (Å²) in [6.45, 7) is 4.79. The summed E-state index contributed by atoms with van der Waals surface area (Å²) in [4.78, 5) is 16.7. The Labute approximate surface area is 142 Å². The third-order valence-corrected chi connectivity index (χ3v) is 5.62. The maximum absolute atomic E-state index is 12.8. The monoisotopic (exact) mass is 353 g/mol. The number of carbonyl (C=O) groups excluding carboxylic acids is 1. The van der Waals surface area contributed by atoms with Crippen LogP contribution in [0.2, 0.25) is 0 Å². The van der Waals surface area contributed by atoms with Crippen LogP contribution in [0.3, 0.4) is 0 Å². The van der Waals surface area contributed by atoms with Crippen molar-refractivity contribution in [3.8, 4) is 5.75 Å². The van der Waals surface area contributed by atoms with Crippen molar-refractivity contribution >= 4 is 21.6 Å². The van der Waals surface area contributed by atoms with Crippen LogP contribution in [0.4, 0.5) is 5.69 Å². The Bertz CT molecular complexity index is 742. The van der Waals surface area contributed by atoms with E-state index in [0.29, 0.717) is 24.5 Å². The fourth-order valence-electron chi connectivity index (χ4n) is 3.03. The first-order chi connectivity index (χ1) is 11.3. The molecular formula is C16H23N3O4S. The average molecular weight is 353 g/mol. The zero-order chi connectivity index (χ0) is 17.5. The van der Waals surface area contributed by atoms with Crippen LogP contribution in [0.5, 0.6) is 5.75 Å². The van der Waals surface area contributed by atoms with Crippen LogP contribution in [-0.2, 0) is 14.8 Å². The maximum Gasteiger partial charge on any atom is 0.265 e. The minimum absolute atomic E-state index is 0.0143. The van der Waals surface area contributed by atoms with Gasteiger partial charge in [0.1, 0.15) is 5.75 Å². The number of likely N-dealkylation sites (N-methyl/N-ethyl adjacent to an activating group) is 1. The van der Waals surface area contributed by atoms with E-state index >= 15 is 0 Å². The van der Waals surface area contributed by atoms with Crippen LogP contribution in [0.15, 0.2) is 18.2 Å². The van der Waals surface area contributed by atoms with Crippen LogP contribution in [0.25, 0.3) is 0 Å². The lowest BCUT2D eigenvalue weighted by Crippen LogP contribution is -2.55. The Kier molecular flexibility index (Phi) is 4.44. The van der Waals surface area contributed by atoms with Crippen molar-refractivity contribution in [2.45, 2.75) is 13.0 Å². The molecule has 7 nitrogen and oxygen atoms in total. The molecule has 0 saturated carbocycles. The molecule has 3 rings (SSSR count). The second-order valence-corrected chi connectivity index (χ2v) is 8.41. The quantitative estimate of drug-likeness (QED) is 0.765. The molecule has 1 saturated heterocycles. The number of hydrogen-bond donors (Lipinski definition) is 0. The minimum Gasteiger partial charge on any atom is -0.476 e. The molecule has 0 aromatic heterocycles. The normalized spacial score (nSPS) is 22.0. The standard InChI is InChI=1S/C16H23N3O4S/c1-12-4-5-14-13(10-12)19(24(3,21)22)11-15(23-14)16(20)18-8-6-17(2)7-9-18/h4-5,10,15H,6-9,11H2,1-3H3/t15-/m0/s1. The summed E-state index contributed by atoms with van der Waals surface area (Å²) in [6.07, 6.45) is 0.347. The summed E-state index contributed by atoms with van der Waals surface area (Å²) in [5.41, 5.74) is 1.44. The topological polar surface area (TPSA) is 70.2 Å². The van der Waals surface area contributed by atoms with Crippen LogP contribution in [-0.4, -0.2) is 76.3 Å². The van der Waals surface area contributed by atoms with Crippen molar-refractivity contribution < 1.29 is 17.9 Å². The highest BCUT2D eigenvalue weighted by atomic mass is 32.2. The van der Waals surface area contributed by atoms with Crippen molar-refractivity contribution in [3.63, 3.8) is 0 Å². The van der Waals surface area contributed by atoms with Gasteiger partial charge in [-0.1, -0.05) is 6.07 Å². The van der Waals surface area contributed by atoms with Gasteiger partial charge in [0.2, 0.25) is 10.0 Å². The molecule has 24 heavy (non-hydrogen) atoms. The van der Waals surface area contributed by atoms with E-state index in [1.54, 1.807) is 17.0 Å². The number of amides is 1. The third-order valence-electron chi connectivity index (χ3n) is 4.47. The van der Waals surface area contributed by atoms with Gasteiger partial charge in [-0.3, -0.25) is 9.10 Å². The van der Waals surface area contributed by atoms with Gasteiger partial charge < -0.3 is 14.5 Å². The molecular weight excluding hydrogens is 330 g/mol. The van der Waals surface area contributed by atoms with E-state index in [0.717, 1.165) is 24.9 Å². The predicted octanol–water partition coefficient (Wildman–Crippen LogP) is 0.296. The fourth-order valence-corrected chi connectivity index (χ4v) is 3.94. The van der Waals surface area contributed by atoms with Gasteiger partial charge in [0, 0.05) is 26.2 Å². The first-order valence-corrected chi connectivity index (χ1v) is 9.83. The van der Waals surface area contributed by atoms with E-state index in [1.165, 1.54) is 4.31 Å². The highest BCUT2D eigenvalue weighted by molar-refractivity contribution is 7.92. The number of rotatable bonds is 2. The number of ether oxygens (including phenoxy) is 1. The second-order valence-electron chi connectivity index (χ2n) is 6.50. The van der Waals surface area contributed by atoms with Crippen LogP contribution >= 0.6 is 0 Å². The molecule has 0 N–H and O–H groups in total. The SMILES string of the molecule is Cc1ccc2c(c1)N(S(C)(=O)=O)C[C@@H](C(=O)N1CCN(C)CC1)O2. The van der Waals surface area contributed by atoms with E-state index in [4.69, 9.17) is 4.74 Å². The largest absolute Gasteiger partial charge is 0.476 e. The minimum atomic E-state index is -3.49. The molecule has 1 amide bonds. The Morgan fingerprint density at radius 3 is 2.50 bits per heavy atom. The smallest absolute Gasteiger partial charge is 0.265 e. The lowest BCUT2D eigenvalue weighted by atomic mass is 10.1. The number of benzene rings is 1. The molecule has 0 radical (unpaired) electrons. The molecule has 1 fully saturated rings. The second kappa shape index (κ2) is 6.25. The summed E-state index contributed by atoms with van der Waals surface area (Å²) >= 11 is 0. The summed E-state index contributed by atoms with van der Waals surface area (Å²) in [6, 6.07) is 5.35. The van der Waals surface area contributed by atoms with E-state index in [-0.39, 0.29) is 12.5 Å². The zero-order valence-electron chi connectivity index (χ0n) is 14.2. The predicted molar refractivity (Wildman–Crippen MR) is 91.9 cm³/mol. The molecule has 1 aromatic rings. The van der Waals surface area contributed by atoms with Gasteiger partial charge in [0.25, 0.3) is 5.91 Å². The molecule has 1 atom stereocenters. The highest BCUT2D eigenvalue weighted by Gasteiger charge is 2.37. The van der Waals surface area contributed by atoms with Gasteiger partial charge in [0.05, 0.1) is 18.5 Å². The molecule has 0 spiro atoms. The number of sulfonamides is 1. The number of nitrogens with zero attached hydrogens (tertiary/aromatic N) is 3. The Balaban J connectivity index is 1.87. The van der Waals surface area contributed by atoms with E-state index < -0.39 is 16.1 Å². The zero-order valence-corrected chi connectivity index (χ0v) is 15.0. The van der Waals surface area contributed by atoms with E-state index in [9.17, 15) is 13.2 Å². The molecule has 2 aliphatic rings. The molecule has 2 aliphatic heterocycles. The van der Waals surface area contributed by atoms with Crippen LogP contribution < -0.4 is 9.04 Å². The van der Waals surface area contributed by atoms with E-state index in [2.05, 4.69) is 4.90 Å². The Morgan fingerprint density at radius 2 is 1.88 bits per heavy atom. The van der Waals surface area contributed by atoms with Gasteiger partial charge >= 0.3 is 0 Å². The first kappa shape index (κ1) is 17.0. The first-order valence-electron chi connectivity index (χ1n) is 7.98. The van der Waals surface area contributed by atoms with Gasteiger partial charge in [-0.25, -0.2) is 8.42 Å². The molecule has 1 aromatic carbocycles. The van der Waals surface area contributed by atoms with Crippen molar-refractivity contribution in [2.75, 3.05) is 50.3 Å². The number of carbonyl (C=O) groups is 1. The lowest BCUT2D eigenvalue weighted by molar-refractivity contribution is -0.140. The highest BCUT2D eigenvalue weighted by Crippen LogP contribution is 2.36. The van der Waals surface area contributed by atoms with Gasteiger partial charge in [-0.15, -0.1) is 0 Å². The number of aryl methyl sites for hydroxylation is 1. The summed E-state index contributed by atoms with van der Waals surface area (Å²) in [7, 11) is -1.47. The van der Waals surface area contributed by atoms with Crippen LogP contribution in [0.1, 0.15) is 5.56 Å². The molecule has 0 aliphatic carbocycles. The van der Waals surface area contributed by atoms with E-state index in [1.807, 2.05) is 20.0 Å². The summed E-state index contributed by atoms with van der Waals surface area (Å²) < 4.78 is 31.5. The van der Waals surface area contributed by atoms with Crippen molar-refractivity contribution in [3.05, 3.63) is 23.8 Å². The van der Waals surface area contributed by atoms with Gasteiger partial charge in [-0.2, -0.15) is 0 Å². The number of fused-ring (bicyclic) bond motifs is 1. The van der Waals surface area contributed by atoms with Gasteiger partial charge in [-0.05, 0) is 31.7 Å². The van der Waals surface area contributed by atoms with Gasteiger partial charge in [0.15, 0.2) is 6.10 Å². The molecule has 0 unspecified atom stereocenters. The molecule has 2 heterocycles. The number of anilines is 1. The number of piperazine rings is 1. The number of hydrogen-bond acceptors (Lipinski definition) is 5. The summed E-state index contributed by atoms with van der Waals surface area (Å²) in [5, 5.41) is 0. The summed E-state index contributed by atoms with van der Waals surface area (Å²) in [5.74, 6) is 0.285. The van der Waals surface area contributed by atoms with Crippen molar-refractivity contribution in [1.82, 2.24) is 9.80 Å². The van der Waals surface area contributed by atoms with Crippen molar-refractivity contribution in [2.24, 2.45) is 0 Å². The molecule has 0 bridgehead atoms. The lowest BCUT2D eigenvalue weighted by Gasteiger charge is -2.38.